The van der Waals surface area contributed by atoms with E-state index in [0.717, 1.165) is 12.8 Å². The van der Waals surface area contributed by atoms with Crippen LogP contribution in [0.4, 0.5) is 4.79 Å². The molecule has 12 nitrogen and oxygen atoms in total. The van der Waals surface area contributed by atoms with E-state index in [1.54, 1.807) is 0 Å². The molecule has 0 aromatic carbocycles. The number of carbonyl (C=O) groups is 4. The molecule has 0 bridgehead atoms. The van der Waals surface area contributed by atoms with Gasteiger partial charge in [-0.2, -0.15) is 5.01 Å². The number of nitrogens with zero attached hydrogens (tertiary/aromatic N) is 3. The normalized spacial score (nSPS) is 28.6. The molecular formula is C19H23N5O7S. The molecule has 32 heavy (non-hydrogen) atoms. The molecule has 2 N–H and O–H groups in total. The van der Waals surface area contributed by atoms with Crippen LogP contribution in [0.5, 0.6) is 0 Å². The van der Waals surface area contributed by atoms with Crippen molar-refractivity contribution in [3.63, 3.8) is 0 Å². The number of amides is 4. The Balaban J connectivity index is 1.31. The van der Waals surface area contributed by atoms with Crippen LogP contribution in [0.2, 0.25) is 0 Å². The highest BCUT2D eigenvalue weighted by molar-refractivity contribution is 7.90. The first-order valence-electron chi connectivity index (χ1n) is 10.2. The Labute approximate surface area is 184 Å². The first-order chi connectivity index (χ1) is 15.1. The minimum Gasteiger partial charge on any atom is -0.452 e. The monoisotopic (exact) mass is 465 g/mol. The Kier molecular flexibility index (Phi) is 5.53. The minimum atomic E-state index is -3.51. The zero-order chi connectivity index (χ0) is 23.1. The number of carbonyl (C=O) groups excluding carboxylic acids is 4. The summed E-state index contributed by atoms with van der Waals surface area (Å²) in [5.74, 6) is -1.70. The quantitative estimate of drug-likeness (QED) is 0.418. The number of fused-ring (bicyclic) bond motifs is 1. The molecule has 1 saturated heterocycles. The van der Waals surface area contributed by atoms with Gasteiger partial charge in [0.15, 0.2) is 6.61 Å². The van der Waals surface area contributed by atoms with E-state index in [2.05, 4.69) is 22.1 Å². The Hall–Kier alpha value is -3.22. The summed E-state index contributed by atoms with van der Waals surface area (Å²) < 4.78 is 31.7. The fourth-order valence-electron chi connectivity index (χ4n) is 4.01. The van der Waals surface area contributed by atoms with Crippen molar-refractivity contribution in [2.24, 2.45) is 10.3 Å². The Bertz CT molecular complexity index is 1070. The van der Waals surface area contributed by atoms with E-state index < -0.39 is 46.0 Å². The van der Waals surface area contributed by atoms with E-state index in [1.807, 2.05) is 0 Å². The number of nitrogens with one attached hydrogen (secondary N) is 2. The number of hydrogen-bond donors (Lipinski definition) is 2. The van der Waals surface area contributed by atoms with Crippen molar-refractivity contribution in [1.82, 2.24) is 20.7 Å². The van der Waals surface area contributed by atoms with Crippen LogP contribution in [0.1, 0.15) is 32.6 Å². The van der Waals surface area contributed by atoms with Gasteiger partial charge in [0.2, 0.25) is 0 Å². The summed E-state index contributed by atoms with van der Waals surface area (Å²) in [6.07, 6.45) is 6.69. The molecule has 0 atom stereocenters. The molecule has 1 saturated carbocycles. The summed E-state index contributed by atoms with van der Waals surface area (Å²) in [5, 5.41) is 3.32. The van der Waals surface area contributed by atoms with Gasteiger partial charge in [-0.05, 0) is 43.8 Å². The first kappa shape index (κ1) is 22.0. The summed E-state index contributed by atoms with van der Waals surface area (Å²) in [4.78, 5) is 51.0. The SMILES string of the molecule is CC1CCC2(CC1)NC(=O)N(NC(=O)COC(=O)C1=CN3CCS(=O)(=O)N=C3C=C1)C2=O. The number of ether oxygens (including phenoxy) is 1. The van der Waals surface area contributed by atoms with Gasteiger partial charge >= 0.3 is 12.0 Å². The second-order valence-corrected chi connectivity index (χ2v) is 10.0. The lowest BCUT2D eigenvalue weighted by molar-refractivity contribution is -0.147. The lowest BCUT2D eigenvalue weighted by Crippen LogP contribution is -2.52. The average Bonchev–Trinajstić information content (AvgIpc) is 2.97. The average molecular weight is 465 g/mol. The van der Waals surface area contributed by atoms with Crippen LogP contribution >= 0.6 is 0 Å². The fourth-order valence-corrected chi connectivity index (χ4v) is 4.98. The molecular weight excluding hydrogens is 442 g/mol. The van der Waals surface area contributed by atoms with Gasteiger partial charge in [-0.15, -0.1) is 4.40 Å². The highest BCUT2D eigenvalue weighted by atomic mass is 32.2. The van der Waals surface area contributed by atoms with Crippen molar-refractivity contribution in [2.75, 3.05) is 18.9 Å². The maximum atomic E-state index is 12.7. The van der Waals surface area contributed by atoms with Crippen LogP contribution in [0, 0.1) is 5.92 Å². The van der Waals surface area contributed by atoms with Crippen LogP contribution < -0.4 is 10.7 Å². The summed E-state index contributed by atoms with van der Waals surface area (Å²) >= 11 is 0. The first-order valence-corrected chi connectivity index (χ1v) is 11.8. The summed E-state index contributed by atoms with van der Waals surface area (Å²) in [6.45, 7) is 1.51. The van der Waals surface area contributed by atoms with Crippen molar-refractivity contribution >= 4 is 39.7 Å². The molecule has 1 aliphatic carbocycles. The molecule has 13 heteroatoms. The molecule has 4 amide bonds. The van der Waals surface area contributed by atoms with Crippen molar-refractivity contribution < 1.29 is 32.3 Å². The van der Waals surface area contributed by atoms with Crippen molar-refractivity contribution in [1.29, 1.82) is 0 Å². The molecule has 0 aromatic rings. The Morgan fingerprint density at radius 2 is 2.00 bits per heavy atom. The number of esters is 1. The van der Waals surface area contributed by atoms with Crippen LogP contribution in [0.3, 0.4) is 0 Å². The smallest absolute Gasteiger partial charge is 0.344 e. The molecule has 4 aliphatic rings. The van der Waals surface area contributed by atoms with E-state index in [4.69, 9.17) is 4.74 Å². The number of sulfonamides is 1. The van der Waals surface area contributed by atoms with E-state index in [1.165, 1.54) is 23.3 Å². The van der Waals surface area contributed by atoms with Gasteiger partial charge in [0.25, 0.3) is 21.8 Å². The Morgan fingerprint density at radius 3 is 2.72 bits per heavy atom. The maximum Gasteiger partial charge on any atom is 0.344 e. The highest BCUT2D eigenvalue weighted by Gasteiger charge is 2.52. The number of amidine groups is 1. The standard InChI is InChI=1S/C19H23N5O7S/c1-12-4-6-19(7-5-12)17(27)24(18(28)20-19)21-15(25)11-31-16(26)13-2-3-14-22-32(29,30)9-8-23(14)10-13/h2-3,10,12H,4-9,11H2,1H3,(H,20,28)(H,21,25). The molecule has 2 fully saturated rings. The molecule has 4 rings (SSSR count). The van der Waals surface area contributed by atoms with Crippen LogP contribution in [-0.2, 0) is 29.1 Å². The molecule has 3 heterocycles. The van der Waals surface area contributed by atoms with E-state index in [0.29, 0.717) is 23.8 Å². The topological polar surface area (TPSA) is 155 Å². The van der Waals surface area contributed by atoms with Crippen LogP contribution in [-0.4, -0.2) is 72.4 Å². The predicted octanol–water partition coefficient (Wildman–Crippen LogP) is -0.441. The van der Waals surface area contributed by atoms with E-state index in [9.17, 15) is 27.6 Å². The molecule has 1 spiro atoms. The van der Waals surface area contributed by atoms with Gasteiger partial charge < -0.3 is 15.0 Å². The van der Waals surface area contributed by atoms with Gasteiger partial charge in [0.1, 0.15) is 11.4 Å². The largest absolute Gasteiger partial charge is 0.452 e. The predicted molar refractivity (Wildman–Crippen MR) is 110 cm³/mol. The van der Waals surface area contributed by atoms with Gasteiger partial charge in [-0.1, -0.05) is 6.92 Å². The summed E-state index contributed by atoms with van der Waals surface area (Å²) in [5.41, 5.74) is 1.30. The molecule has 172 valence electrons. The van der Waals surface area contributed by atoms with Gasteiger partial charge in [0.05, 0.1) is 11.3 Å². The zero-order valence-electron chi connectivity index (χ0n) is 17.4. The van der Waals surface area contributed by atoms with Crippen LogP contribution in [0.25, 0.3) is 0 Å². The fraction of sp³-hybridized carbons (Fsp3) is 0.526. The number of imide groups is 1. The van der Waals surface area contributed by atoms with Crippen molar-refractivity contribution in [3.8, 4) is 0 Å². The number of urea groups is 1. The minimum absolute atomic E-state index is 0.0984. The Morgan fingerprint density at radius 1 is 1.28 bits per heavy atom. The van der Waals surface area contributed by atoms with Gasteiger partial charge in [-0.25, -0.2) is 18.0 Å². The third-order valence-electron chi connectivity index (χ3n) is 5.92. The van der Waals surface area contributed by atoms with Gasteiger partial charge in [-0.3, -0.25) is 15.0 Å². The zero-order valence-corrected chi connectivity index (χ0v) is 18.2. The number of hydrazine groups is 1. The summed E-state index contributed by atoms with van der Waals surface area (Å²) in [6, 6.07) is -0.714. The van der Waals surface area contributed by atoms with Gasteiger partial charge in [0, 0.05) is 12.7 Å². The molecule has 3 aliphatic heterocycles. The number of rotatable bonds is 4. The van der Waals surface area contributed by atoms with Crippen LogP contribution in [0.15, 0.2) is 28.3 Å². The second kappa shape index (κ2) is 8.04. The van der Waals surface area contributed by atoms with Crippen molar-refractivity contribution in [2.45, 2.75) is 38.1 Å². The highest BCUT2D eigenvalue weighted by Crippen LogP contribution is 2.35. The summed E-state index contributed by atoms with van der Waals surface area (Å²) in [7, 11) is -3.51. The third-order valence-corrected chi connectivity index (χ3v) is 7.08. The molecule has 0 aromatic heterocycles. The maximum absolute atomic E-state index is 12.7. The lowest BCUT2D eigenvalue weighted by atomic mass is 9.77. The lowest BCUT2D eigenvalue weighted by Gasteiger charge is -2.33. The third kappa shape index (κ3) is 4.24. The van der Waals surface area contributed by atoms with E-state index >= 15 is 0 Å². The van der Waals surface area contributed by atoms with Crippen molar-refractivity contribution in [3.05, 3.63) is 23.9 Å². The molecule has 0 unspecified atom stereocenters. The van der Waals surface area contributed by atoms with E-state index in [-0.39, 0.29) is 23.7 Å². The second-order valence-electron chi connectivity index (χ2n) is 8.29. The molecule has 0 radical (unpaired) electrons. The number of hydrogen-bond acceptors (Lipinski definition) is 8.